The zero-order valence-electron chi connectivity index (χ0n) is 45.3. The molecule has 1 amide bonds. The van der Waals surface area contributed by atoms with E-state index in [1.165, 1.54) is 27.0 Å². The summed E-state index contributed by atoms with van der Waals surface area (Å²) >= 11 is 0. The monoisotopic (exact) mass is 1070 g/mol. The van der Waals surface area contributed by atoms with Crippen LogP contribution in [-0.4, -0.2) is 149 Å². The number of carbonyl (C=O) groups excluding carboxylic acids is 5. The van der Waals surface area contributed by atoms with E-state index in [-0.39, 0.29) is 36.7 Å². The number of aliphatic hydroxyl groups is 3. The summed E-state index contributed by atoms with van der Waals surface area (Å²) in [5.41, 5.74) is -4.51. The summed E-state index contributed by atoms with van der Waals surface area (Å²) < 4.78 is 55.7. The van der Waals surface area contributed by atoms with Gasteiger partial charge >= 0.3 is 18.0 Å². The molecule has 5 fully saturated rings. The van der Waals surface area contributed by atoms with Crippen molar-refractivity contribution in [3.8, 4) is 0 Å². The summed E-state index contributed by atoms with van der Waals surface area (Å²) in [6.07, 6.45) is -0.117. The van der Waals surface area contributed by atoms with Gasteiger partial charge in [0, 0.05) is 43.4 Å². The number of aliphatic hydroxyl groups excluding tert-OH is 3. The number of Topliss-reactive ketones (excluding diaryl/α,β-unsaturated/α-hetero) is 1. The molecule has 4 aliphatic carbocycles. The van der Waals surface area contributed by atoms with E-state index in [0.717, 1.165) is 5.57 Å². The fraction of sp³-hybridized carbons (Fsp3) is 0.727. The number of hydroxylamine groups is 2. The van der Waals surface area contributed by atoms with Crippen molar-refractivity contribution in [2.45, 2.75) is 205 Å². The number of aldehydes is 1. The minimum Gasteiger partial charge on any atom is -0.600 e. The predicted molar refractivity (Wildman–Crippen MR) is 266 cm³/mol. The lowest BCUT2D eigenvalue weighted by Gasteiger charge is -2.56. The summed E-state index contributed by atoms with van der Waals surface area (Å²) in [4.78, 5) is 67.2. The van der Waals surface area contributed by atoms with Gasteiger partial charge in [-0.25, -0.2) is 20.0 Å². The lowest BCUT2D eigenvalue weighted by molar-refractivity contribution is -1.09. The highest BCUT2D eigenvalue weighted by Crippen LogP contribution is 2.61. The van der Waals surface area contributed by atoms with Crippen LogP contribution in [0.4, 0.5) is 4.79 Å². The van der Waals surface area contributed by atoms with E-state index in [2.05, 4.69) is 25.2 Å². The Hall–Kier alpha value is -4.39. The molecule has 8 aliphatic rings. The molecule has 1 spiro atoms. The SMILES string of the molecule is COC(=O)N[C@@H]1[C@@H](C)O[C@@H](O[C@@H]2C/C=C(/C)[C@@H]3C=C[C@@H]4[C@@H](O[C@H]5C[C@H](O[C@@H]6CC[C@H](O)[C@@H](C)O6)[C@H](OC(C)=O)[C@@H](C)O5)[C@H](C)C[C@H](C)[C@@H]4[C@@]3(C)C(O)=C3C(=O)O[C@]4(CC(C=O)=C[C@H](O)[C@@H]4C=C2C)C3=O)C[C@]1(C)[NH+]([O-])O. The normalized spacial score (nSPS) is 45.8. The molecule has 422 valence electrons. The first-order chi connectivity index (χ1) is 35.8. The molecule has 2 bridgehead atoms. The number of methoxy groups -OCH3 is 1. The molecule has 4 aliphatic heterocycles. The Kier molecular flexibility index (Phi) is 17.0. The molecule has 1 saturated carbocycles. The van der Waals surface area contributed by atoms with Crippen LogP contribution in [0.15, 0.2) is 58.4 Å². The number of ether oxygens (including phenoxy) is 9. The number of carbonyl (C=O) groups is 5. The summed E-state index contributed by atoms with van der Waals surface area (Å²) in [6, 6.07) is -1.01. The van der Waals surface area contributed by atoms with Gasteiger partial charge in [0.15, 0.2) is 36.1 Å². The second-order valence-corrected chi connectivity index (χ2v) is 23.1. The average Bonchev–Trinajstić information content (AvgIpc) is 3.75. The van der Waals surface area contributed by atoms with Gasteiger partial charge in [0.2, 0.25) is 5.78 Å². The van der Waals surface area contributed by atoms with Gasteiger partial charge in [-0.15, -0.1) is 0 Å². The van der Waals surface area contributed by atoms with Gasteiger partial charge in [0.05, 0.1) is 62.2 Å². The van der Waals surface area contributed by atoms with E-state index >= 15 is 4.79 Å². The van der Waals surface area contributed by atoms with Gasteiger partial charge in [0.25, 0.3) is 0 Å². The topological polar surface area (TPSA) is 289 Å². The van der Waals surface area contributed by atoms with Crippen molar-refractivity contribution in [1.29, 1.82) is 0 Å². The van der Waals surface area contributed by atoms with Crippen LogP contribution in [0, 0.1) is 46.1 Å². The van der Waals surface area contributed by atoms with Crippen LogP contribution in [0.2, 0.25) is 0 Å². The van der Waals surface area contributed by atoms with Crippen LogP contribution < -0.4 is 10.5 Å². The minimum atomic E-state index is -2.16. The van der Waals surface area contributed by atoms with Gasteiger partial charge in [0.1, 0.15) is 29.8 Å². The Bertz CT molecular complexity index is 2400. The van der Waals surface area contributed by atoms with Crippen molar-refractivity contribution in [2.75, 3.05) is 7.11 Å². The van der Waals surface area contributed by atoms with Crippen molar-refractivity contribution in [2.24, 2.45) is 40.9 Å². The van der Waals surface area contributed by atoms with E-state index < -0.39 is 167 Å². The quantitative estimate of drug-likeness (QED) is 0.0449. The number of allylic oxidation sites excluding steroid dienone is 3. The van der Waals surface area contributed by atoms with Crippen LogP contribution >= 0.6 is 0 Å². The maximum absolute atomic E-state index is 15.4. The van der Waals surface area contributed by atoms with Crippen molar-refractivity contribution in [3.63, 3.8) is 0 Å². The molecule has 0 aromatic rings. The second kappa shape index (κ2) is 22.4. The molecule has 4 heterocycles. The van der Waals surface area contributed by atoms with Gasteiger partial charge in [-0.3, -0.25) is 14.4 Å². The molecule has 76 heavy (non-hydrogen) atoms. The van der Waals surface area contributed by atoms with E-state index in [0.29, 0.717) is 31.1 Å². The van der Waals surface area contributed by atoms with Gasteiger partial charge in [-0.2, -0.15) is 0 Å². The number of fused-ring (bicyclic) bond motifs is 4. The van der Waals surface area contributed by atoms with Crippen LogP contribution in [-0.2, 0) is 61.8 Å². The zero-order chi connectivity index (χ0) is 55.5. The number of ketones is 1. The molecule has 6 N–H and O–H groups in total. The highest BCUT2D eigenvalue weighted by Gasteiger charge is 2.65. The third-order valence-electron chi connectivity index (χ3n) is 18.0. The van der Waals surface area contributed by atoms with Crippen LogP contribution in [0.5, 0.6) is 0 Å². The van der Waals surface area contributed by atoms with E-state index in [4.69, 9.17) is 42.6 Å². The Morgan fingerprint density at radius 2 is 1.58 bits per heavy atom. The molecule has 4 saturated heterocycles. The third kappa shape index (κ3) is 10.6. The zero-order valence-corrected chi connectivity index (χ0v) is 45.3. The van der Waals surface area contributed by atoms with Gasteiger partial charge < -0.3 is 68.5 Å². The highest BCUT2D eigenvalue weighted by atomic mass is 16.8. The second-order valence-electron chi connectivity index (χ2n) is 23.1. The van der Waals surface area contributed by atoms with E-state index in [1.807, 2.05) is 26.0 Å². The summed E-state index contributed by atoms with van der Waals surface area (Å²) in [7, 11) is 1.17. The first-order valence-electron chi connectivity index (χ1n) is 26.7. The van der Waals surface area contributed by atoms with Gasteiger partial charge in [-0.1, -0.05) is 50.6 Å². The smallest absolute Gasteiger partial charge is 0.407 e. The Morgan fingerprint density at radius 3 is 2.24 bits per heavy atom. The summed E-state index contributed by atoms with van der Waals surface area (Å²) in [5.74, 6) is -6.11. The van der Waals surface area contributed by atoms with Crippen LogP contribution in [0.3, 0.4) is 0 Å². The van der Waals surface area contributed by atoms with Crippen LogP contribution in [0.1, 0.15) is 114 Å². The number of rotatable bonds is 10. The molecule has 0 radical (unpaired) electrons. The largest absolute Gasteiger partial charge is 0.600 e. The highest BCUT2D eigenvalue weighted by molar-refractivity contribution is 6.26. The minimum absolute atomic E-state index is 0.0179. The molecule has 1 unspecified atom stereocenters. The maximum atomic E-state index is 15.4. The first kappa shape index (κ1) is 57.8. The maximum Gasteiger partial charge on any atom is 0.407 e. The van der Waals surface area contributed by atoms with Crippen LogP contribution in [0.25, 0.3) is 0 Å². The molecule has 23 atom stereocenters. The van der Waals surface area contributed by atoms with Crippen molar-refractivity contribution < 1.29 is 92.4 Å². The van der Waals surface area contributed by atoms with E-state index in [1.54, 1.807) is 33.8 Å². The fourth-order valence-corrected chi connectivity index (χ4v) is 14.1. The number of nitrogens with one attached hydrogen (secondary N) is 2. The van der Waals surface area contributed by atoms with Crippen molar-refractivity contribution in [3.05, 3.63) is 63.6 Å². The molecule has 0 aromatic carbocycles. The molecule has 0 aromatic heterocycles. The number of hydrogen-bond acceptors (Lipinski definition) is 19. The molecular weight excluding hydrogens is 993 g/mol. The van der Waals surface area contributed by atoms with E-state index in [9.17, 15) is 44.9 Å². The summed E-state index contributed by atoms with van der Waals surface area (Å²) in [6.45, 7) is 17.6. The fourth-order valence-electron chi connectivity index (χ4n) is 14.1. The average molecular weight is 1070 g/mol. The van der Waals surface area contributed by atoms with Crippen molar-refractivity contribution in [1.82, 2.24) is 5.32 Å². The standard InChI is InChI=1S/C55H78N2O19/c1-25-12-16-39(73-43-23-53(9,57(66)67)48(31(7)71-43)56-52(65)68-11)26(2)19-36-38(61)20-33(24-58)22-55(36)50(63)44(51(64)76-55)49(62)54(10)35(25)14-13-34-45(54)27(3)18-28(4)46(34)75-42-21-40(47(30(6)70-42)72-32(8)59)74-41-17-15-37(60)29(5)69-41/h12-14,19-20,24,27-31,34-43,45-48,57,60-62,66H,15-18,21-23H2,1-11H3,(H,56,65)/b25-12-,26-19?,49-44?/t27-,28+,29+,30+,31+,34-,35-,36-,37-,38-,39+,40-,41+,42-,43-,45-,46-,47+,48+,53-,54-,55-/m0/s1. The Balaban J connectivity index is 1.19. The number of amides is 1. The molecule has 21 nitrogen and oxygen atoms in total. The lowest BCUT2D eigenvalue weighted by Crippen LogP contribution is -3.17. The number of alkyl carbamates (subject to hydrolysis) is 1. The lowest BCUT2D eigenvalue weighted by atomic mass is 9.49. The number of esters is 2. The Labute approximate surface area is 443 Å². The number of hydrogen-bond donors (Lipinski definition) is 6. The first-order valence-corrected chi connectivity index (χ1v) is 26.7. The molecular formula is C55H78N2O19. The molecule has 8 rings (SSSR count). The third-order valence-corrected chi connectivity index (χ3v) is 18.0. The molecule has 21 heteroatoms. The van der Waals surface area contributed by atoms with Gasteiger partial charge in [-0.05, 0) is 95.8 Å². The number of quaternary nitrogens is 1. The predicted octanol–water partition coefficient (Wildman–Crippen LogP) is 4.06. The summed E-state index contributed by atoms with van der Waals surface area (Å²) in [5, 5.41) is 60.3. The van der Waals surface area contributed by atoms with Crippen molar-refractivity contribution >= 4 is 30.1 Å². The Morgan fingerprint density at radius 1 is 0.882 bits per heavy atom.